The Labute approximate surface area is 103 Å². The zero-order valence-electron chi connectivity index (χ0n) is 9.99. The van der Waals surface area contributed by atoms with E-state index in [1.807, 2.05) is 7.05 Å². The molecule has 0 saturated heterocycles. The first-order chi connectivity index (χ1) is 8.70. The topological polar surface area (TPSA) is 94.8 Å². The molecule has 0 spiro atoms. The number of carbonyl (C=O) groups is 1. The molecule has 2 aromatic heterocycles. The molecule has 0 aliphatic rings. The van der Waals surface area contributed by atoms with E-state index < -0.39 is 5.97 Å². The molecule has 0 amide bonds. The van der Waals surface area contributed by atoms with Gasteiger partial charge in [0, 0.05) is 7.05 Å². The molecule has 0 saturated carbocycles. The molecular formula is C10H12N6O2. The normalized spacial score (nSPS) is 10.1. The number of methoxy groups -OCH3 is 1. The summed E-state index contributed by atoms with van der Waals surface area (Å²) in [5.41, 5.74) is 0.153. The Hall–Kier alpha value is -2.51. The molecule has 0 radical (unpaired) electrons. The van der Waals surface area contributed by atoms with Gasteiger partial charge in [-0.1, -0.05) is 0 Å². The van der Waals surface area contributed by atoms with Crippen LogP contribution in [-0.2, 0) is 18.3 Å². The van der Waals surface area contributed by atoms with Crippen molar-refractivity contribution in [2.75, 3.05) is 12.4 Å². The smallest absolute Gasteiger partial charge is 0.358 e. The van der Waals surface area contributed by atoms with Crippen molar-refractivity contribution in [1.82, 2.24) is 24.7 Å². The predicted molar refractivity (Wildman–Crippen MR) is 61.7 cm³/mol. The zero-order valence-corrected chi connectivity index (χ0v) is 9.99. The highest BCUT2D eigenvalue weighted by Gasteiger charge is 2.08. The summed E-state index contributed by atoms with van der Waals surface area (Å²) >= 11 is 0. The van der Waals surface area contributed by atoms with Gasteiger partial charge >= 0.3 is 5.97 Å². The van der Waals surface area contributed by atoms with E-state index in [0.717, 1.165) is 5.82 Å². The number of hydrogen-bond donors (Lipinski definition) is 1. The van der Waals surface area contributed by atoms with Crippen LogP contribution in [0.4, 0.5) is 5.82 Å². The lowest BCUT2D eigenvalue weighted by Crippen LogP contribution is -2.10. The molecule has 18 heavy (non-hydrogen) atoms. The van der Waals surface area contributed by atoms with Crippen LogP contribution in [0.25, 0.3) is 0 Å². The maximum absolute atomic E-state index is 11.3. The Kier molecular flexibility index (Phi) is 3.46. The van der Waals surface area contributed by atoms with Gasteiger partial charge in [-0.2, -0.15) is 0 Å². The highest BCUT2D eigenvalue weighted by molar-refractivity contribution is 5.87. The molecule has 1 N–H and O–H groups in total. The number of nitrogens with zero attached hydrogens (tertiary/aromatic N) is 5. The SMILES string of the molecule is COC(=O)c1cncc(NCc2nncn2C)n1. The second-order valence-corrected chi connectivity index (χ2v) is 3.49. The quantitative estimate of drug-likeness (QED) is 0.761. The Balaban J connectivity index is 2.06. The molecule has 94 valence electrons. The van der Waals surface area contributed by atoms with Crippen molar-refractivity contribution >= 4 is 11.8 Å². The van der Waals surface area contributed by atoms with Crippen LogP contribution in [0.3, 0.4) is 0 Å². The zero-order chi connectivity index (χ0) is 13.0. The fraction of sp³-hybridized carbons (Fsp3) is 0.300. The van der Waals surface area contributed by atoms with E-state index in [0.29, 0.717) is 12.4 Å². The summed E-state index contributed by atoms with van der Waals surface area (Å²) < 4.78 is 6.35. The molecule has 0 atom stereocenters. The standard InChI is InChI=1S/C10H12N6O2/c1-16-6-13-15-9(16)5-12-8-4-11-3-7(14-8)10(17)18-2/h3-4,6H,5H2,1-2H3,(H,12,14). The van der Waals surface area contributed by atoms with Crippen molar-refractivity contribution in [3.63, 3.8) is 0 Å². The lowest BCUT2D eigenvalue weighted by Gasteiger charge is -2.05. The van der Waals surface area contributed by atoms with E-state index in [2.05, 4.69) is 30.2 Å². The molecule has 0 unspecified atom stereocenters. The minimum Gasteiger partial charge on any atom is -0.464 e. The maximum atomic E-state index is 11.3. The van der Waals surface area contributed by atoms with Gasteiger partial charge in [0.25, 0.3) is 0 Å². The number of rotatable bonds is 4. The van der Waals surface area contributed by atoms with Gasteiger partial charge in [-0.3, -0.25) is 4.98 Å². The molecule has 2 rings (SSSR count). The van der Waals surface area contributed by atoms with E-state index in [9.17, 15) is 4.79 Å². The lowest BCUT2D eigenvalue weighted by molar-refractivity contribution is 0.0593. The minimum atomic E-state index is -0.523. The molecule has 0 fully saturated rings. The average Bonchev–Trinajstić information content (AvgIpc) is 2.81. The van der Waals surface area contributed by atoms with E-state index in [1.54, 1.807) is 10.9 Å². The number of aromatic nitrogens is 5. The van der Waals surface area contributed by atoms with Gasteiger partial charge in [-0.05, 0) is 0 Å². The second-order valence-electron chi connectivity index (χ2n) is 3.49. The number of esters is 1. The summed E-state index contributed by atoms with van der Waals surface area (Å²) in [6.07, 6.45) is 4.47. The van der Waals surface area contributed by atoms with Crippen molar-refractivity contribution in [2.45, 2.75) is 6.54 Å². The Bertz CT molecular complexity index is 553. The molecule has 0 aliphatic carbocycles. The van der Waals surface area contributed by atoms with E-state index >= 15 is 0 Å². The number of aryl methyl sites for hydroxylation is 1. The van der Waals surface area contributed by atoms with Crippen LogP contribution in [0.5, 0.6) is 0 Å². The summed E-state index contributed by atoms with van der Waals surface area (Å²) in [6.45, 7) is 0.440. The average molecular weight is 248 g/mol. The van der Waals surface area contributed by atoms with Crippen molar-refractivity contribution in [3.8, 4) is 0 Å². The number of hydrogen-bond acceptors (Lipinski definition) is 7. The number of nitrogens with one attached hydrogen (secondary N) is 1. The fourth-order valence-electron chi connectivity index (χ4n) is 1.29. The molecule has 8 nitrogen and oxygen atoms in total. The van der Waals surface area contributed by atoms with E-state index in [4.69, 9.17) is 0 Å². The summed E-state index contributed by atoms with van der Waals surface area (Å²) in [5.74, 6) is 0.700. The van der Waals surface area contributed by atoms with Gasteiger partial charge in [-0.25, -0.2) is 9.78 Å². The van der Waals surface area contributed by atoms with Crippen LogP contribution in [0.15, 0.2) is 18.7 Å². The van der Waals surface area contributed by atoms with Gasteiger partial charge in [0.05, 0.1) is 26.0 Å². The highest BCUT2D eigenvalue weighted by Crippen LogP contribution is 2.05. The van der Waals surface area contributed by atoms with Crippen LogP contribution < -0.4 is 5.32 Å². The third-order valence-electron chi connectivity index (χ3n) is 2.26. The summed E-state index contributed by atoms with van der Waals surface area (Å²) in [5, 5.41) is 10.7. The summed E-state index contributed by atoms with van der Waals surface area (Å²) in [4.78, 5) is 19.2. The summed E-state index contributed by atoms with van der Waals surface area (Å²) in [7, 11) is 3.14. The number of ether oxygens (including phenoxy) is 1. The predicted octanol–water partition coefficient (Wildman–Crippen LogP) is 0.00380. The number of anilines is 1. The van der Waals surface area contributed by atoms with Crippen molar-refractivity contribution in [2.24, 2.45) is 7.05 Å². The molecular weight excluding hydrogens is 236 g/mol. The Morgan fingerprint density at radius 2 is 2.33 bits per heavy atom. The molecule has 8 heteroatoms. The number of carbonyl (C=O) groups excluding carboxylic acids is 1. The first-order valence-electron chi connectivity index (χ1n) is 5.18. The Morgan fingerprint density at radius 3 is 3.00 bits per heavy atom. The van der Waals surface area contributed by atoms with Crippen molar-refractivity contribution in [3.05, 3.63) is 30.2 Å². The molecule has 0 aromatic carbocycles. The van der Waals surface area contributed by atoms with Gasteiger partial charge in [0.15, 0.2) is 11.5 Å². The monoisotopic (exact) mass is 248 g/mol. The highest BCUT2D eigenvalue weighted by atomic mass is 16.5. The van der Waals surface area contributed by atoms with Crippen LogP contribution in [0.2, 0.25) is 0 Å². The van der Waals surface area contributed by atoms with Crippen molar-refractivity contribution < 1.29 is 9.53 Å². The van der Waals surface area contributed by atoms with Gasteiger partial charge in [0.2, 0.25) is 0 Å². The first-order valence-corrected chi connectivity index (χ1v) is 5.18. The Morgan fingerprint density at radius 1 is 1.50 bits per heavy atom. The molecule has 0 bridgehead atoms. The fourth-order valence-corrected chi connectivity index (χ4v) is 1.29. The van der Waals surface area contributed by atoms with Crippen LogP contribution in [0, 0.1) is 0 Å². The molecule has 0 aliphatic heterocycles. The molecule has 2 aromatic rings. The summed E-state index contributed by atoms with van der Waals surface area (Å²) in [6, 6.07) is 0. The van der Waals surface area contributed by atoms with Gasteiger partial charge in [0.1, 0.15) is 12.1 Å². The van der Waals surface area contributed by atoms with Crippen LogP contribution >= 0.6 is 0 Å². The second kappa shape index (κ2) is 5.21. The minimum absolute atomic E-state index is 0.153. The van der Waals surface area contributed by atoms with Gasteiger partial charge in [-0.15, -0.1) is 10.2 Å². The molecule has 2 heterocycles. The lowest BCUT2D eigenvalue weighted by atomic mass is 10.4. The third-order valence-corrected chi connectivity index (χ3v) is 2.26. The third kappa shape index (κ3) is 2.59. The van der Waals surface area contributed by atoms with Crippen molar-refractivity contribution in [1.29, 1.82) is 0 Å². The largest absolute Gasteiger partial charge is 0.464 e. The first kappa shape index (κ1) is 12.0. The van der Waals surface area contributed by atoms with Crippen LogP contribution in [-0.4, -0.2) is 37.8 Å². The van der Waals surface area contributed by atoms with E-state index in [1.165, 1.54) is 19.5 Å². The maximum Gasteiger partial charge on any atom is 0.358 e. The van der Waals surface area contributed by atoms with Crippen LogP contribution in [0.1, 0.15) is 16.3 Å². The van der Waals surface area contributed by atoms with Gasteiger partial charge < -0.3 is 14.6 Å². The van der Waals surface area contributed by atoms with E-state index in [-0.39, 0.29) is 5.69 Å².